The Labute approximate surface area is 137 Å². The first-order valence-electron chi connectivity index (χ1n) is 6.11. The summed E-state index contributed by atoms with van der Waals surface area (Å²) in [5, 5.41) is 4.81. The number of hydrogen-bond acceptors (Lipinski definition) is 4. The van der Waals surface area contributed by atoms with Gasteiger partial charge in [-0.15, -0.1) is 23.2 Å². The zero-order valence-electron chi connectivity index (χ0n) is 11.3. The third-order valence-corrected chi connectivity index (χ3v) is 3.75. The molecule has 0 radical (unpaired) electrons. The quantitative estimate of drug-likeness (QED) is 0.503. The fraction of sp³-hybridized carbons (Fsp3) is 0.333. The third kappa shape index (κ3) is 5.80. The summed E-state index contributed by atoms with van der Waals surface area (Å²) in [7, 11) is -4.53. The second-order valence-electron chi connectivity index (χ2n) is 4.16. The Morgan fingerprint density at radius 3 is 2.09 bits per heavy atom. The van der Waals surface area contributed by atoms with E-state index < -0.39 is 20.9 Å². The molecule has 0 unspecified atom stereocenters. The molecule has 0 heterocycles. The Bertz CT molecular complexity index is 663. The number of halogens is 2. The van der Waals surface area contributed by atoms with Crippen molar-refractivity contribution < 1.29 is 22.6 Å². The highest BCUT2D eigenvalue weighted by Gasteiger charge is 2.18. The molecular weight excluding hydrogens is 355 g/mol. The minimum atomic E-state index is -4.53. The number of anilines is 2. The summed E-state index contributed by atoms with van der Waals surface area (Å²) in [4.78, 5) is 22.5. The number of alkyl halides is 2. The second-order valence-corrected chi connectivity index (χ2v) is 6.31. The van der Waals surface area contributed by atoms with Crippen LogP contribution in [0.5, 0.6) is 0 Å². The van der Waals surface area contributed by atoms with Crippen LogP contribution in [0.2, 0.25) is 0 Å². The zero-order chi connectivity index (χ0) is 16.8. The highest BCUT2D eigenvalue weighted by atomic mass is 35.5. The van der Waals surface area contributed by atoms with E-state index >= 15 is 0 Å². The minimum Gasteiger partial charge on any atom is -0.326 e. The number of rotatable bonds is 7. The number of nitrogens with one attached hydrogen (secondary N) is 2. The zero-order valence-corrected chi connectivity index (χ0v) is 13.6. The van der Waals surface area contributed by atoms with Crippen molar-refractivity contribution in [3.63, 3.8) is 0 Å². The summed E-state index contributed by atoms with van der Waals surface area (Å²) < 4.78 is 31.8. The molecule has 0 bridgehead atoms. The number of carbonyl (C=O) groups excluding carboxylic acids is 2. The van der Waals surface area contributed by atoms with Gasteiger partial charge in [0.1, 0.15) is 4.90 Å². The van der Waals surface area contributed by atoms with Gasteiger partial charge in [0.2, 0.25) is 11.8 Å². The highest BCUT2D eigenvalue weighted by Crippen LogP contribution is 2.25. The summed E-state index contributed by atoms with van der Waals surface area (Å²) >= 11 is 10.9. The molecule has 1 rings (SSSR count). The lowest BCUT2D eigenvalue weighted by molar-refractivity contribution is -0.116. The predicted molar refractivity (Wildman–Crippen MR) is 84.2 cm³/mol. The van der Waals surface area contributed by atoms with Crippen molar-refractivity contribution >= 4 is 56.5 Å². The van der Waals surface area contributed by atoms with Gasteiger partial charge in [0.05, 0.1) is 5.69 Å². The maximum absolute atomic E-state index is 11.6. The largest absolute Gasteiger partial charge is 0.326 e. The van der Waals surface area contributed by atoms with E-state index in [9.17, 15) is 18.0 Å². The molecule has 10 heteroatoms. The summed E-state index contributed by atoms with van der Waals surface area (Å²) in [6.45, 7) is 0. The van der Waals surface area contributed by atoms with Gasteiger partial charge < -0.3 is 10.6 Å². The van der Waals surface area contributed by atoms with Crippen molar-refractivity contribution in [2.75, 3.05) is 22.4 Å². The van der Waals surface area contributed by atoms with Gasteiger partial charge in [-0.05, 0) is 18.2 Å². The van der Waals surface area contributed by atoms with Crippen LogP contribution >= 0.6 is 23.2 Å². The van der Waals surface area contributed by atoms with E-state index in [1.807, 2.05) is 0 Å². The molecule has 2 amide bonds. The molecule has 0 fully saturated rings. The molecule has 3 N–H and O–H groups in total. The summed E-state index contributed by atoms with van der Waals surface area (Å²) in [5.74, 6) is -0.704. The number of benzene rings is 1. The van der Waals surface area contributed by atoms with Crippen molar-refractivity contribution in [2.45, 2.75) is 17.7 Å². The van der Waals surface area contributed by atoms with Crippen molar-refractivity contribution in [3.8, 4) is 0 Å². The molecule has 1 aromatic rings. The predicted octanol–water partition coefficient (Wildman–Crippen LogP) is 2.07. The van der Waals surface area contributed by atoms with E-state index in [1.54, 1.807) is 0 Å². The Morgan fingerprint density at radius 1 is 1.05 bits per heavy atom. The molecule has 0 spiro atoms. The van der Waals surface area contributed by atoms with E-state index in [0.717, 1.165) is 6.07 Å². The topological polar surface area (TPSA) is 113 Å². The molecule has 0 saturated heterocycles. The molecular formula is C12H14Cl2N2O5S. The molecule has 0 aliphatic heterocycles. The average Bonchev–Trinajstić information content (AvgIpc) is 2.37. The second kappa shape index (κ2) is 8.33. The van der Waals surface area contributed by atoms with Gasteiger partial charge in [-0.3, -0.25) is 14.1 Å². The van der Waals surface area contributed by atoms with Crippen LogP contribution in [0.15, 0.2) is 23.1 Å². The van der Waals surface area contributed by atoms with E-state index in [4.69, 9.17) is 27.8 Å². The molecule has 0 aliphatic rings. The molecule has 1 aromatic carbocycles. The maximum Gasteiger partial charge on any atom is 0.296 e. The molecule has 22 heavy (non-hydrogen) atoms. The van der Waals surface area contributed by atoms with Gasteiger partial charge in [0.25, 0.3) is 10.1 Å². The van der Waals surface area contributed by atoms with Gasteiger partial charge >= 0.3 is 0 Å². The van der Waals surface area contributed by atoms with Crippen LogP contribution in [-0.2, 0) is 19.7 Å². The average molecular weight is 369 g/mol. The lowest BCUT2D eigenvalue weighted by atomic mass is 10.2. The fourth-order valence-electron chi connectivity index (χ4n) is 1.54. The highest BCUT2D eigenvalue weighted by molar-refractivity contribution is 7.86. The van der Waals surface area contributed by atoms with Crippen LogP contribution < -0.4 is 10.6 Å². The first-order valence-corrected chi connectivity index (χ1v) is 8.62. The van der Waals surface area contributed by atoms with Gasteiger partial charge in [-0.2, -0.15) is 8.42 Å². The smallest absolute Gasteiger partial charge is 0.296 e. The Hall–Kier alpha value is -1.35. The molecule has 0 aromatic heterocycles. The Balaban J connectivity index is 3.11. The van der Waals surface area contributed by atoms with Crippen LogP contribution in [0.1, 0.15) is 12.8 Å². The van der Waals surface area contributed by atoms with E-state index in [-0.39, 0.29) is 41.9 Å². The van der Waals surface area contributed by atoms with Crippen molar-refractivity contribution in [1.82, 2.24) is 0 Å². The van der Waals surface area contributed by atoms with Gasteiger partial charge in [0, 0.05) is 30.3 Å². The third-order valence-electron chi connectivity index (χ3n) is 2.46. The minimum absolute atomic E-state index is 0.0324. The fourth-order valence-corrected chi connectivity index (χ4v) is 2.51. The number of amides is 2. The van der Waals surface area contributed by atoms with Gasteiger partial charge in [0.15, 0.2) is 0 Å². The van der Waals surface area contributed by atoms with Crippen molar-refractivity contribution in [3.05, 3.63) is 18.2 Å². The van der Waals surface area contributed by atoms with Crippen LogP contribution in [0.25, 0.3) is 0 Å². The summed E-state index contributed by atoms with van der Waals surface area (Å²) in [6.07, 6.45) is 0.0465. The number of carbonyl (C=O) groups is 2. The molecule has 7 nitrogen and oxygen atoms in total. The standard InChI is InChI=1S/C12H14Cl2N2O5S/c13-5-3-11(17)15-8-1-2-10(22(19,20)21)9(7-8)16-12(18)4-6-14/h1-2,7H,3-6H2,(H,15,17)(H,16,18)(H,19,20,21). The van der Waals surface area contributed by atoms with E-state index in [0.29, 0.717) is 0 Å². The number of hydrogen-bond donors (Lipinski definition) is 3. The SMILES string of the molecule is O=C(CCCl)Nc1ccc(S(=O)(=O)O)c(NC(=O)CCCl)c1. The van der Waals surface area contributed by atoms with Crippen LogP contribution in [-0.4, -0.2) is 36.5 Å². The van der Waals surface area contributed by atoms with E-state index in [2.05, 4.69) is 10.6 Å². The lowest BCUT2D eigenvalue weighted by Gasteiger charge is -2.11. The molecule has 0 aliphatic carbocycles. The monoisotopic (exact) mass is 368 g/mol. The molecule has 122 valence electrons. The van der Waals surface area contributed by atoms with Crippen LogP contribution in [0.3, 0.4) is 0 Å². The Kier molecular flexibility index (Phi) is 7.08. The molecule has 0 saturated carbocycles. The summed E-state index contributed by atoms with van der Waals surface area (Å²) in [6, 6.07) is 3.58. The summed E-state index contributed by atoms with van der Waals surface area (Å²) in [5.41, 5.74) is 0.102. The first kappa shape index (κ1) is 18.7. The van der Waals surface area contributed by atoms with E-state index in [1.165, 1.54) is 12.1 Å². The normalized spacial score (nSPS) is 11.0. The van der Waals surface area contributed by atoms with Crippen molar-refractivity contribution in [1.29, 1.82) is 0 Å². The van der Waals surface area contributed by atoms with Gasteiger partial charge in [-0.25, -0.2) is 0 Å². The lowest BCUT2D eigenvalue weighted by Crippen LogP contribution is -2.16. The molecule has 0 atom stereocenters. The maximum atomic E-state index is 11.6. The van der Waals surface area contributed by atoms with Crippen LogP contribution in [0, 0.1) is 0 Å². The van der Waals surface area contributed by atoms with Crippen LogP contribution in [0.4, 0.5) is 11.4 Å². The Morgan fingerprint density at radius 2 is 1.59 bits per heavy atom. The van der Waals surface area contributed by atoms with Gasteiger partial charge in [-0.1, -0.05) is 0 Å². The van der Waals surface area contributed by atoms with Crippen molar-refractivity contribution in [2.24, 2.45) is 0 Å². The first-order chi connectivity index (χ1) is 10.3.